The number of rotatable bonds is 7. The fourth-order valence-corrected chi connectivity index (χ4v) is 3.82. The Bertz CT molecular complexity index is 1050. The van der Waals surface area contributed by atoms with E-state index < -0.39 is 12.2 Å². The fourth-order valence-electron chi connectivity index (χ4n) is 2.31. The van der Waals surface area contributed by atoms with Gasteiger partial charge < -0.3 is 14.6 Å². The molecule has 31 heavy (non-hydrogen) atoms. The molecule has 10 heteroatoms. The van der Waals surface area contributed by atoms with Crippen molar-refractivity contribution in [2.24, 2.45) is 5.10 Å². The van der Waals surface area contributed by atoms with Gasteiger partial charge in [0.05, 0.1) is 10.7 Å². The summed E-state index contributed by atoms with van der Waals surface area (Å²) in [7, 11) is 0. The van der Waals surface area contributed by atoms with Gasteiger partial charge >= 0.3 is 12.2 Å². The Morgan fingerprint density at radius 2 is 1.48 bits per heavy atom. The number of carbonyl (C=O) groups excluding carboxylic acids is 1. The first-order chi connectivity index (χ1) is 14.8. The maximum atomic E-state index is 12.7. The molecule has 6 nitrogen and oxygen atoms in total. The molecule has 1 amide bonds. The van der Waals surface area contributed by atoms with Crippen LogP contribution in [0.2, 0.25) is 10.0 Å². The highest BCUT2D eigenvalue weighted by Crippen LogP contribution is 2.30. The Kier molecular flexibility index (Phi) is 8.20. The Labute approximate surface area is 205 Å². The fraction of sp³-hybridized carbons (Fsp3) is 0.0476. The molecule has 0 aromatic heterocycles. The summed E-state index contributed by atoms with van der Waals surface area (Å²) in [5.41, 5.74) is 2.73. The van der Waals surface area contributed by atoms with Crippen LogP contribution in [-0.2, 0) is 4.79 Å². The highest BCUT2D eigenvalue weighted by atomic mass is 79.9. The third-order valence-corrected chi connectivity index (χ3v) is 5.33. The Morgan fingerprint density at radius 3 is 2.00 bits per heavy atom. The molecule has 0 aliphatic heterocycles. The van der Waals surface area contributed by atoms with Crippen LogP contribution in [-0.4, -0.2) is 23.5 Å². The maximum absolute atomic E-state index is 12.7. The zero-order chi connectivity index (χ0) is 22.4. The summed E-state index contributed by atoms with van der Waals surface area (Å²) < 4.78 is 12.5. The van der Waals surface area contributed by atoms with Crippen LogP contribution in [0.1, 0.15) is 5.56 Å². The number of halogens is 4. The van der Waals surface area contributed by atoms with E-state index in [2.05, 4.69) is 42.4 Å². The molecule has 0 bridgehead atoms. The van der Waals surface area contributed by atoms with Gasteiger partial charge in [-0.2, -0.15) is 5.10 Å². The van der Waals surface area contributed by atoms with E-state index in [9.17, 15) is 9.90 Å². The lowest BCUT2D eigenvalue weighted by Crippen LogP contribution is -2.40. The standard InChI is InChI=1S/C21H14Br2Cl2N2O4/c22-13-9-12(19(28)18(23)10-13)11-26-27-20(29)21(30-16-5-1-14(24)2-6-16)31-17-7-3-15(25)4-8-17/h1-11,21,28H,(H,27,29)/b26-11-. The first-order valence-corrected chi connectivity index (χ1v) is 11.0. The van der Waals surface area contributed by atoms with Crippen LogP contribution in [0.15, 0.2) is 74.7 Å². The summed E-state index contributed by atoms with van der Waals surface area (Å²) in [5.74, 6) is 0.0504. The number of hydrogen-bond donors (Lipinski definition) is 2. The van der Waals surface area contributed by atoms with Crippen LogP contribution < -0.4 is 14.9 Å². The summed E-state index contributed by atoms with van der Waals surface area (Å²) in [6.45, 7) is 0. The van der Waals surface area contributed by atoms with Crippen molar-refractivity contribution < 1.29 is 19.4 Å². The highest BCUT2D eigenvalue weighted by Gasteiger charge is 2.23. The van der Waals surface area contributed by atoms with Crippen molar-refractivity contribution in [2.75, 3.05) is 0 Å². The van der Waals surface area contributed by atoms with Gasteiger partial charge in [0.15, 0.2) is 0 Å². The Hall–Kier alpha value is -2.26. The van der Waals surface area contributed by atoms with Gasteiger partial charge in [-0.3, -0.25) is 4.79 Å². The summed E-state index contributed by atoms with van der Waals surface area (Å²) in [6, 6.07) is 16.2. The first kappa shape index (κ1) is 23.4. The van der Waals surface area contributed by atoms with Crippen LogP contribution in [0.5, 0.6) is 17.2 Å². The number of aromatic hydroxyl groups is 1. The molecule has 0 saturated heterocycles. The van der Waals surface area contributed by atoms with Gasteiger partial charge in [-0.15, -0.1) is 0 Å². The molecule has 0 spiro atoms. The molecule has 3 aromatic carbocycles. The number of ether oxygens (including phenoxy) is 2. The molecule has 3 rings (SSSR count). The summed E-state index contributed by atoms with van der Waals surface area (Å²) in [5, 5.41) is 15.0. The minimum absolute atomic E-state index is 0.0208. The second-order valence-corrected chi connectivity index (χ2v) is 8.68. The van der Waals surface area contributed by atoms with Crippen molar-refractivity contribution in [2.45, 2.75) is 6.29 Å². The van der Waals surface area contributed by atoms with Crippen molar-refractivity contribution in [1.82, 2.24) is 5.43 Å². The molecule has 0 radical (unpaired) electrons. The van der Waals surface area contributed by atoms with Crippen LogP contribution in [0.3, 0.4) is 0 Å². The lowest BCUT2D eigenvalue weighted by molar-refractivity contribution is -0.140. The van der Waals surface area contributed by atoms with E-state index in [-0.39, 0.29) is 5.75 Å². The SMILES string of the molecule is O=C(N/N=C\c1cc(Br)cc(Br)c1O)C(Oc1ccc(Cl)cc1)Oc1ccc(Cl)cc1. The van der Waals surface area contributed by atoms with Crippen LogP contribution in [0.4, 0.5) is 0 Å². The van der Waals surface area contributed by atoms with Gasteiger partial charge in [0, 0.05) is 20.1 Å². The van der Waals surface area contributed by atoms with E-state index in [1.54, 1.807) is 60.7 Å². The van der Waals surface area contributed by atoms with Gasteiger partial charge in [0.25, 0.3) is 0 Å². The maximum Gasteiger partial charge on any atom is 0.323 e. The lowest BCUT2D eigenvalue weighted by Gasteiger charge is -2.19. The second-order valence-electron chi connectivity index (χ2n) is 6.04. The van der Waals surface area contributed by atoms with Crippen LogP contribution >= 0.6 is 55.1 Å². The predicted octanol–water partition coefficient (Wildman–Crippen LogP) is 6.16. The number of nitrogens with zero attached hydrogens (tertiary/aromatic N) is 1. The largest absolute Gasteiger partial charge is 0.506 e. The minimum Gasteiger partial charge on any atom is -0.506 e. The monoisotopic (exact) mass is 586 g/mol. The van der Waals surface area contributed by atoms with Crippen molar-refractivity contribution in [3.8, 4) is 17.2 Å². The molecule has 2 N–H and O–H groups in total. The number of phenolic OH excluding ortho intramolecular Hbond substituents is 1. The number of nitrogens with one attached hydrogen (secondary N) is 1. The van der Waals surface area contributed by atoms with Gasteiger partial charge in [-0.25, -0.2) is 5.43 Å². The number of phenols is 1. The second kappa shape index (κ2) is 10.9. The van der Waals surface area contributed by atoms with E-state index in [0.717, 1.165) is 4.47 Å². The molecular weight excluding hydrogens is 575 g/mol. The number of hydrazone groups is 1. The zero-order valence-corrected chi connectivity index (χ0v) is 20.2. The molecule has 0 unspecified atom stereocenters. The number of carbonyl (C=O) groups is 1. The first-order valence-electron chi connectivity index (χ1n) is 8.67. The van der Waals surface area contributed by atoms with Gasteiger partial charge in [0.2, 0.25) is 0 Å². The van der Waals surface area contributed by atoms with E-state index >= 15 is 0 Å². The molecular formula is C21H14Br2Cl2N2O4. The predicted molar refractivity (Wildman–Crippen MR) is 127 cm³/mol. The number of amides is 1. The van der Waals surface area contributed by atoms with E-state index in [1.165, 1.54) is 6.21 Å². The molecule has 0 aliphatic rings. The van der Waals surface area contributed by atoms with Crippen molar-refractivity contribution in [3.63, 3.8) is 0 Å². The number of benzene rings is 3. The third kappa shape index (κ3) is 6.87. The summed E-state index contributed by atoms with van der Waals surface area (Å²) in [4.78, 5) is 12.7. The molecule has 0 heterocycles. The zero-order valence-electron chi connectivity index (χ0n) is 15.6. The highest BCUT2D eigenvalue weighted by molar-refractivity contribution is 9.11. The number of hydrogen-bond acceptors (Lipinski definition) is 5. The lowest BCUT2D eigenvalue weighted by atomic mass is 10.2. The molecule has 0 atom stereocenters. The molecule has 0 fully saturated rings. The smallest absolute Gasteiger partial charge is 0.323 e. The molecule has 0 aliphatic carbocycles. The molecule has 160 valence electrons. The average Bonchev–Trinajstić information content (AvgIpc) is 2.74. The van der Waals surface area contributed by atoms with E-state index in [1.807, 2.05) is 0 Å². The quantitative estimate of drug-likeness (QED) is 0.197. The summed E-state index contributed by atoms with van der Waals surface area (Å²) in [6.07, 6.45) is -0.0629. The normalized spacial score (nSPS) is 11.0. The molecule has 3 aromatic rings. The van der Waals surface area contributed by atoms with E-state index in [4.69, 9.17) is 32.7 Å². The van der Waals surface area contributed by atoms with Gasteiger partial charge in [-0.1, -0.05) is 39.1 Å². The van der Waals surface area contributed by atoms with Crippen molar-refractivity contribution in [3.05, 3.63) is 85.2 Å². The third-order valence-electron chi connectivity index (χ3n) is 3.76. The summed E-state index contributed by atoms with van der Waals surface area (Å²) >= 11 is 18.3. The van der Waals surface area contributed by atoms with Crippen LogP contribution in [0, 0.1) is 0 Å². The van der Waals surface area contributed by atoms with Gasteiger partial charge in [0.1, 0.15) is 17.2 Å². The van der Waals surface area contributed by atoms with Crippen LogP contribution in [0.25, 0.3) is 0 Å². The van der Waals surface area contributed by atoms with E-state index in [0.29, 0.717) is 31.6 Å². The topological polar surface area (TPSA) is 80.2 Å². The van der Waals surface area contributed by atoms with Crippen molar-refractivity contribution in [1.29, 1.82) is 0 Å². The minimum atomic E-state index is -1.36. The molecule has 0 saturated carbocycles. The van der Waals surface area contributed by atoms with Crippen molar-refractivity contribution >= 4 is 67.2 Å². The Morgan fingerprint density at radius 1 is 0.968 bits per heavy atom. The Balaban J connectivity index is 1.76. The van der Waals surface area contributed by atoms with Gasteiger partial charge in [-0.05, 0) is 76.6 Å². The average molecular weight is 589 g/mol.